The Labute approximate surface area is 224 Å². The molecular weight excluding hydrogens is 536 g/mol. The first kappa shape index (κ1) is 28.2. The third-order valence-corrected chi connectivity index (χ3v) is 7.31. The highest BCUT2D eigenvalue weighted by Gasteiger charge is 2.48. The molecule has 1 aromatic heterocycles. The Kier molecular flexibility index (Phi) is 7.47. The Hall–Kier alpha value is -3.31. The summed E-state index contributed by atoms with van der Waals surface area (Å²) < 4.78 is 16.9. The number of rotatable bonds is 4. The second-order valence-corrected chi connectivity index (χ2v) is 9.80. The molecule has 0 radical (unpaired) electrons. The number of aromatic hydroxyl groups is 3. The van der Waals surface area contributed by atoms with E-state index in [9.17, 15) is 55.9 Å². The first-order valence-electron chi connectivity index (χ1n) is 12.3. The number of phenolic OH excluding ortho intramolecular Hbond substituents is 3. The molecule has 0 aliphatic carbocycles. The fourth-order valence-electron chi connectivity index (χ4n) is 5.11. The van der Waals surface area contributed by atoms with Gasteiger partial charge in [0.2, 0.25) is 0 Å². The molecule has 2 aliphatic rings. The second-order valence-electron chi connectivity index (χ2n) is 9.80. The zero-order valence-corrected chi connectivity index (χ0v) is 20.6. The van der Waals surface area contributed by atoms with Crippen LogP contribution in [-0.2, 0) is 9.47 Å². The van der Waals surface area contributed by atoms with Crippen LogP contribution in [-0.4, -0.2) is 107 Å². The fraction of sp³-hybridized carbons (Fsp3) is 0.423. The van der Waals surface area contributed by atoms with Crippen molar-refractivity contribution in [3.8, 4) is 28.6 Å². The molecule has 0 saturated carbocycles. The van der Waals surface area contributed by atoms with Gasteiger partial charge < -0.3 is 65.0 Å². The Morgan fingerprint density at radius 1 is 0.775 bits per heavy atom. The molecular formula is C26H28O14. The number of phenols is 3. The maximum Gasteiger partial charge on any atom is 0.197 e. The lowest BCUT2D eigenvalue weighted by molar-refractivity contribution is -0.231. The van der Waals surface area contributed by atoms with Crippen molar-refractivity contribution in [1.29, 1.82) is 0 Å². The first-order chi connectivity index (χ1) is 19.0. The summed E-state index contributed by atoms with van der Waals surface area (Å²) in [6.45, 7) is -1.34. The smallest absolute Gasteiger partial charge is 0.197 e. The largest absolute Gasteiger partial charge is 0.508 e. The zero-order chi connectivity index (χ0) is 29.0. The molecule has 14 heteroatoms. The van der Waals surface area contributed by atoms with Gasteiger partial charge in [0.05, 0.1) is 24.3 Å². The number of benzene rings is 2. The van der Waals surface area contributed by atoms with Gasteiger partial charge in [-0.2, -0.15) is 0 Å². The highest BCUT2D eigenvalue weighted by Crippen LogP contribution is 2.50. The third kappa shape index (κ3) is 4.49. The molecule has 9 atom stereocenters. The van der Waals surface area contributed by atoms with Crippen molar-refractivity contribution >= 4 is 11.0 Å². The minimum absolute atomic E-state index is 0.0767. The minimum atomic E-state index is -1.96. The molecule has 2 aliphatic heterocycles. The SMILES string of the molecule is O=c1cc(-c2ccc(O)cc2)oc2c([C@H]3O[C@H](CO)[C@@H](O)[C@H](O)[C@H]3O)c(O)c([C@@H]3OC[C@@H](O)[C@@H](O)[C@@H]3O)c(O)c12. The van der Waals surface area contributed by atoms with E-state index >= 15 is 0 Å². The molecule has 3 aromatic rings. The number of aliphatic hydroxyl groups excluding tert-OH is 7. The number of aliphatic hydroxyl groups is 7. The average molecular weight is 564 g/mol. The average Bonchev–Trinajstić information content (AvgIpc) is 2.92. The monoisotopic (exact) mass is 564 g/mol. The molecule has 216 valence electrons. The predicted molar refractivity (Wildman–Crippen MR) is 132 cm³/mol. The molecule has 0 spiro atoms. The summed E-state index contributed by atoms with van der Waals surface area (Å²) in [6.07, 6.45) is -15.7. The van der Waals surface area contributed by atoms with Crippen molar-refractivity contribution in [2.24, 2.45) is 0 Å². The number of hydrogen-bond donors (Lipinski definition) is 10. The van der Waals surface area contributed by atoms with Crippen molar-refractivity contribution in [1.82, 2.24) is 0 Å². The summed E-state index contributed by atoms with van der Waals surface area (Å²) >= 11 is 0. The van der Waals surface area contributed by atoms with E-state index in [4.69, 9.17) is 13.9 Å². The third-order valence-electron chi connectivity index (χ3n) is 7.31. The predicted octanol–water partition coefficient (Wildman–Crippen LogP) is -1.75. The van der Waals surface area contributed by atoms with Crippen LogP contribution < -0.4 is 5.43 Å². The topological polar surface area (TPSA) is 251 Å². The van der Waals surface area contributed by atoms with E-state index in [1.165, 1.54) is 24.3 Å². The fourth-order valence-corrected chi connectivity index (χ4v) is 5.11. The van der Waals surface area contributed by atoms with Crippen molar-refractivity contribution in [2.45, 2.75) is 54.9 Å². The Morgan fingerprint density at radius 3 is 2.08 bits per heavy atom. The van der Waals surface area contributed by atoms with E-state index in [0.717, 1.165) is 6.07 Å². The minimum Gasteiger partial charge on any atom is -0.508 e. The molecule has 2 saturated heterocycles. The van der Waals surface area contributed by atoms with Gasteiger partial charge in [0.15, 0.2) is 11.0 Å². The first-order valence-corrected chi connectivity index (χ1v) is 12.3. The maximum absolute atomic E-state index is 13.4. The summed E-state index contributed by atoms with van der Waals surface area (Å²) in [5, 5.41) is 104. The van der Waals surface area contributed by atoms with Crippen LogP contribution in [0.3, 0.4) is 0 Å². The van der Waals surface area contributed by atoms with Crippen molar-refractivity contribution in [3.05, 3.63) is 51.7 Å². The molecule has 2 fully saturated rings. The molecule has 0 amide bonds. The van der Waals surface area contributed by atoms with Gasteiger partial charge in [0.1, 0.15) is 83.3 Å². The normalized spacial score (nSPS) is 32.8. The van der Waals surface area contributed by atoms with Crippen molar-refractivity contribution in [3.63, 3.8) is 0 Å². The molecule has 14 nitrogen and oxygen atoms in total. The van der Waals surface area contributed by atoms with Gasteiger partial charge in [-0.3, -0.25) is 4.79 Å². The van der Waals surface area contributed by atoms with Gasteiger partial charge >= 0.3 is 0 Å². The number of hydrogen-bond acceptors (Lipinski definition) is 14. The van der Waals surface area contributed by atoms with Crippen LogP contribution in [0.2, 0.25) is 0 Å². The summed E-state index contributed by atoms with van der Waals surface area (Å²) in [6, 6.07) is 6.47. The highest BCUT2D eigenvalue weighted by molar-refractivity contribution is 5.92. The van der Waals surface area contributed by atoms with Crippen LogP contribution in [0.5, 0.6) is 17.2 Å². The van der Waals surface area contributed by atoms with E-state index in [1.807, 2.05) is 0 Å². The highest BCUT2D eigenvalue weighted by atomic mass is 16.5. The van der Waals surface area contributed by atoms with Crippen LogP contribution >= 0.6 is 0 Å². The van der Waals surface area contributed by atoms with Crippen LogP contribution in [0.25, 0.3) is 22.3 Å². The molecule has 0 unspecified atom stereocenters. The molecule has 10 N–H and O–H groups in total. The Morgan fingerprint density at radius 2 is 1.43 bits per heavy atom. The number of fused-ring (bicyclic) bond motifs is 1. The maximum atomic E-state index is 13.4. The molecule has 40 heavy (non-hydrogen) atoms. The van der Waals surface area contributed by atoms with E-state index in [-0.39, 0.29) is 11.5 Å². The van der Waals surface area contributed by atoms with Crippen LogP contribution in [0, 0.1) is 0 Å². The molecule has 2 aromatic carbocycles. The van der Waals surface area contributed by atoms with E-state index in [2.05, 4.69) is 0 Å². The standard InChI is InChI=1S/C26H28O14/c27-6-13-18(32)21(35)23(37)26(40-13)16-20(34)15(25-22(36)17(31)11(30)7-38-25)19(33)14-10(29)5-12(39-24(14)16)8-1-3-9(28)4-2-8/h1-5,11,13,17-18,21-23,25-28,30-37H,6-7H2/t11-,13-,17-,18-,21+,22+,23-,25+,26-/m1/s1. The lowest BCUT2D eigenvalue weighted by Gasteiger charge is -2.41. The van der Waals surface area contributed by atoms with E-state index in [0.29, 0.717) is 5.56 Å². The molecule has 0 bridgehead atoms. The van der Waals surface area contributed by atoms with Gasteiger partial charge in [0, 0.05) is 11.6 Å². The summed E-state index contributed by atoms with van der Waals surface area (Å²) in [4.78, 5) is 13.4. The van der Waals surface area contributed by atoms with E-state index < -0.39 is 107 Å². The molecule has 3 heterocycles. The Bertz CT molecular complexity index is 1450. The van der Waals surface area contributed by atoms with E-state index in [1.54, 1.807) is 0 Å². The van der Waals surface area contributed by atoms with Crippen molar-refractivity contribution < 1.29 is 65.0 Å². The lowest BCUT2D eigenvalue weighted by atomic mass is 9.85. The second kappa shape index (κ2) is 10.6. The quantitative estimate of drug-likeness (QED) is 0.169. The van der Waals surface area contributed by atoms with Crippen LogP contribution in [0.4, 0.5) is 0 Å². The van der Waals surface area contributed by atoms with Gasteiger partial charge in [-0.05, 0) is 24.3 Å². The van der Waals surface area contributed by atoms with Gasteiger partial charge in [-0.1, -0.05) is 0 Å². The van der Waals surface area contributed by atoms with Crippen molar-refractivity contribution in [2.75, 3.05) is 13.2 Å². The lowest BCUT2D eigenvalue weighted by Crippen LogP contribution is -2.55. The van der Waals surface area contributed by atoms with Crippen LogP contribution in [0.15, 0.2) is 39.5 Å². The zero-order valence-electron chi connectivity index (χ0n) is 20.6. The van der Waals surface area contributed by atoms with Gasteiger partial charge in [-0.25, -0.2) is 0 Å². The summed E-state index contributed by atoms with van der Waals surface area (Å²) in [5.41, 5.74) is -2.19. The molecule has 5 rings (SSSR count). The summed E-state index contributed by atoms with van der Waals surface area (Å²) in [5.74, 6) is -2.00. The number of ether oxygens (including phenoxy) is 2. The summed E-state index contributed by atoms with van der Waals surface area (Å²) in [7, 11) is 0. The van der Waals surface area contributed by atoms with Gasteiger partial charge in [0.25, 0.3) is 0 Å². The Balaban J connectivity index is 1.81. The van der Waals surface area contributed by atoms with Crippen LogP contribution in [0.1, 0.15) is 23.3 Å². The van der Waals surface area contributed by atoms with Gasteiger partial charge in [-0.15, -0.1) is 0 Å².